The van der Waals surface area contributed by atoms with E-state index in [1.54, 1.807) is 22.7 Å². The van der Waals surface area contributed by atoms with E-state index in [1.165, 1.54) is 0 Å². The molecule has 0 aromatic carbocycles. The van der Waals surface area contributed by atoms with Crippen LogP contribution < -0.4 is 0 Å². The summed E-state index contributed by atoms with van der Waals surface area (Å²) in [5, 5.41) is 4.08. The zero-order valence-electron chi connectivity index (χ0n) is 10.4. The zero-order valence-corrected chi connectivity index (χ0v) is 12.0. The molecule has 0 bridgehead atoms. The Balaban J connectivity index is 1.68. The molecular formula is C16H10O2S2. The van der Waals surface area contributed by atoms with Gasteiger partial charge in [0.25, 0.3) is 0 Å². The van der Waals surface area contributed by atoms with Crippen LogP contribution in [0, 0.1) is 0 Å². The standard InChI is InChI=1S/C16H10O2S2/c1-3-15(19-9-1)13-7-5-11(17-13)12-6-8-14(18-12)16-4-2-10-20-16/h1-10H. The quantitative estimate of drug-likeness (QED) is 0.464. The van der Waals surface area contributed by atoms with E-state index in [4.69, 9.17) is 8.83 Å². The molecule has 0 aliphatic rings. The fraction of sp³-hybridized carbons (Fsp3) is 0. The third kappa shape index (κ3) is 2.03. The lowest BCUT2D eigenvalue weighted by atomic mass is 10.3. The summed E-state index contributed by atoms with van der Waals surface area (Å²) in [5.74, 6) is 3.28. The van der Waals surface area contributed by atoms with Crippen LogP contribution in [-0.2, 0) is 0 Å². The van der Waals surface area contributed by atoms with Crippen LogP contribution in [0.25, 0.3) is 32.8 Å². The molecule has 20 heavy (non-hydrogen) atoms. The second-order valence-corrected chi connectivity index (χ2v) is 6.18. The highest BCUT2D eigenvalue weighted by Crippen LogP contribution is 2.34. The molecule has 98 valence electrons. The first-order chi connectivity index (χ1) is 9.90. The van der Waals surface area contributed by atoms with Crippen molar-refractivity contribution in [3.63, 3.8) is 0 Å². The average molecular weight is 298 g/mol. The predicted molar refractivity (Wildman–Crippen MR) is 83.0 cm³/mol. The summed E-state index contributed by atoms with van der Waals surface area (Å²) in [6, 6.07) is 16.0. The first-order valence-electron chi connectivity index (χ1n) is 6.18. The van der Waals surface area contributed by atoms with Gasteiger partial charge in [0.15, 0.2) is 11.5 Å². The normalized spacial score (nSPS) is 11.0. The summed E-state index contributed by atoms with van der Waals surface area (Å²) < 4.78 is 11.7. The predicted octanol–water partition coefficient (Wildman–Crippen LogP) is 6.00. The van der Waals surface area contributed by atoms with E-state index in [2.05, 4.69) is 0 Å². The Labute approximate surface area is 123 Å². The lowest BCUT2D eigenvalue weighted by molar-refractivity contribution is 0.540. The van der Waals surface area contributed by atoms with Gasteiger partial charge in [-0.15, -0.1) is 22.7 Å². The topological polar surface area (TPSA) is 26.3 Å². The SMILES string of the molecule is c1csc(-c2ccc(-c3ccc(-c4cccs4)o3)o2)c1. The summed E-state index contributed by atoms with van der Waals surface area (Å²) in [6.07, 6.45) is 0. The second-order valence-electron chi connectivity index (χ2n) is 4.28. The number of rotatable bonds is 3. The molecule has 0 atom stereocenters. The highest BCUT2D eigenvalue weighted by molar-refractivity contribution is 7.13. The lowest BCUT2D eigenvalue weighted by Crippen LogP contribution is -1.66. The fourth-order valence-electron chi connectivity index (χ4n) is 2.04. The Morgan fingerprint density at radius 2 is 1.00 bits per heavy atom. The molecule has 0 unspecified atom stereocenters. The van der Waals surface area contributed by atoms with E-state index in [0.717, 1.165) is 32.8 Å². The molecule has 0 saturated heterocycles. The van der Waals surface area contributed by atoms with Gasteiger partial charge in [0.05, 0.1) is 9.75 Å². The van der Waals surface area contributed by atoms with Crippen LogP contribution in [0.2, 0.25) is 0 Å². The number of thiophene rings is 2. The van der Waals surface area contributed by atoms with Gasteiger partial charge in [-0.3, -0.25) is 0 Å². The third-order valence-corrected chi connectivity index (χ3v) is 4.75. The van der Waals surface area contributed by atoms with Crippen molar-refractivity contribution in [1.29, 1.82) is 0 Å². The van der Waals surface area contributed by atoms with E-state index in [0.29, 0.717) is 0 Å². The van der Waals surface area contributed by atoms with Crippen molar-refractivity contribution in [2.45, 2.75) is 0 Å². The van der Waals surface area contributed by atoms with Gasteiger partial charge in [-0.1, -0.05) is 12.1 Å². The van der Waals surface area contributed by atoms with Gasteiger partial charge < -0.3 is 8.83 Å². The van der Waals surface area contributed by atoms with Crippen molar-refractivity contribution in [2.24, 2.45) is 0 Å². The Morgan fingerprint density at radius 3 is 1.40 bits per heavy atom. The minimum absolute atomic E-state index is 0.760. The third-order valence-electron chi connectivity index (χ3n) is 2.98. The fourth-order valence-corrected chi connectivity index (χ4v) is 3.42. The van der Waals surface area contributed by atoms with Gasteiger partial charge in [0.2, 0.25) is 0 Å². The molecule has 0 N–H and O–H groups in total. The monoisotopic (exact) mass is 298 g/mol. The molecule has 0 aliphatic heterocycles. The molecule has 4 heterocycles. The molecule has 4 rings (SSSR count). The summed E-state index contributed by atoms with van der Waals surface area (Å²) in [6.45, 7) is 0. The molecule has 0 saturated carbocycles. The van der Waals surface area contributed by atoms with Gasteiger partial charge in [-0.2, -0.15) is 0 Å². The van der Waals surface area contributed by atoms with Crippen molar-refractivity contribution in [2.75, 3.05) is 0 Å². The number of furan rings is 2. The Bertz CT molecular complexity index is 734. The molecule has 4 aromatic heterocycles. The van der Waals surface area contributed by atoms with Crippen molar-refractivity contribution >= 4 is 22.7 Å². The summed E-state index contributed by atoms with van der Waals surface area (Å²) in [5.41, 5.74) is 0. The van der Waals surface area contributed by atoms with Gasteiger partial charge in [0, 0.05) is 0 Å². The van der Waals surface area contributed by atoms with Crippen LogP contribution in [0.5, 0.6) is 0 Å². The number of hydrogen-bond donors (Lipinski definition) is 0. The maximum Gasteiger partial charge on any atom is 0.170 e. The van der Waals surface area contributed by atoms with Gasteiger partial charge in [0.1, 0.15) is 11.5 Å². The molecule has 2 nitrogen and oxygen atoms in total. The Hall–Kier alpha value is -2.04. The highest BCUT2D eigenvalue weighted by atomic mass is 32.1. The molecule has 0 fully saturated rings. The molecule has 0 spiro atoms. The first-order valence-corrected chi connectivity index (χ1v) is 7.94. The molecule has 0 amide bonds. The van der Waals surface area contributed by atoms with E-state index in [-0.39, 0.29) is 0 Å². The van der Waals surface area contributed by atoms with E-state index >= 15 is 0 Å². The van der Waals surface area contributed by atoms with Crippen LogP contribution in [0.15, 0.2) is 68.1 Å². The van der Waals surface area contributed by atoms with E-state index < -0.39 is 0 Å². The lowest BCUT2D eigenvalue weighted by Gasteiger charge is -1.93. The molecule has 0 aliphatic carbocycles. The Morgan fingerprint density at radius 1 is 0.550 bits per heavy atom. The smallest absolute Gasteiger partial charge is 0.170 e. The van der Waals surface area contributed by atoms with Crippen LogP contribution in [0.1, 0.15) is 0 Å². The van der Waals surface area contributed by atoms with Crippen LogP contribution >= 0.6 is 22.7 Å². The van der Waals surface area contributed by atoms with Crippen molar-refractivity contribution in [3.8, 4) is 32.8 Å². The Kier molecular flexibility index (Phi) is 2.83. The zero-order chi connectivity index (χ0) is 13.4. The van der Waals surface area contributed by atoms with Crippen LogP contribution in [0.3, 0.4) is 0 Å². The summed E-state index contributed by atoms with van der Waals surface area (Å²) in [7, 11) is 0. The molecule has 4 heteroatoms. The van der Waals surface area contributed by atoms with Crippen LogP contribution in [0.4, 0.5) is 0 Å². The van der Waals surface area contributed by atoms with Crippen molar-refractivity contribution in [1.82, 2.24) is 0 Å². The summed E-state index contributed by atoms with van der Waals surface area (Å²) >= 11 is 3.33. The number of hydrogen-bond acceptors (Lipinski definition) is 4. The van der Waals surface area contributed by atoms with E-state index in [1.807, 2.05) is 59.3 Å². The van der Waals surface area contributed by atoms with E-state index in [9.17, 15) is 0 Å². The maximum atomic E-state index is 5.86. The van der Waals surface area contributed by atoms with Crippen molar-refractivity contribution < 1.29 is 8.83 Å². The average Bonchev–Trinajstić information content (AvgIpc) is 3.22. The minimum atomic E-state index is 0.760. The van der Waals surface area contributed by atoms with Gasteiger partial charge in [-0.05, 0) is 47.2 Å². The molecular weight excluding hydrogens is 288 g/mol. The summed E-state index contributed by atoms with van der Waals surface area (Å²) in [4.78, 5) is 2.25. The molecule has 0 radical (unpaired) electrons. The second kappa shape index (κ2) is 4.81. The maximum absolute atomic E-state index is 5.86. The van der Waals surface area contributed by atoms with Crippen LogP contribution in [-0.4, -0.2) is 0 Å². The van der Waals surface area contributed by atoms with Gasteiger partial charge >= 0.3 is 0 Å². The van der Waals surface area contributed by atoms with Gasteiger partial charge in [-0.25, -0.2) is 0 Å². The highest BCUT2D eigenvalue weighted by Gasteiger charge is 2.12. The van der Waals surface area contributed by atoms with Crippen molar-refractivity contribution in [3.05, 3.63) is 59.3 Å². The molecule has 4 aromatic rings. The first kappa shape index (κ1) is 11.8. The minimum Gasteiger partial charge on any atom is -0.452 e. The largest absolute Gasteiger partial charge is 0.452 e.